The van der Waals surface area contributed by atoms with Gasteiger partial charge in [-0.3, -0.25) is 4.90 Å². The number of halogens is 1. The van der Waals surface area contributed by atoms with Crippen molar-refractivity contribution in [3.8, 4) is 0 Å². The maximum atomic E-state index is 6.22. The highest BCUT2D eigenvalue weighted by atomic mass is 35.5. The van der Waals surface area contributed by atoms with E-state index in [0.717, 1.165) is 44.0 Å². The van der Waals surface area contributed by atoms with Crippen molar-refractivity contribution < 1.29 is 0 Å². The Labute approximate surface area is 115 Å². The Morgan fingerprint density at radius 3 is 2.56 bits per heavy atom. The molecule has 0 radical (unpaired) electrons. The Hall–Kier alpha value is -0.570. The van der Waals surface area contributed by atoms with Gasteiger partial charge < -0.3 is 5.32 Å². The van der Waals surface area contributed by atoms with E-state index in [4.69, 9.17) is 11.6 Å². The molecule has 100 valence electrons. The zero-order valence-corrected chi connectivity index (χ0v) is 12.1. The predicted molar refractivity (Wildman–Crippen MR) is 78.3 cm³/mol. The molecule has 0 amide bonds. The van der Waals surface area contributed by atoms with E-state index >= 15 is 0 Å². The highest BCUT2D eigenvalue weighted by molar-refractivity contribution is 6.31. The summed E-state index contributed by atoms with van der Waals surface area (Å²) in [5.74, 6) is 0. The molecule has 3 heteroatoms. The van der Waals surface area contributed by atoms with Gasteiger partial charge in [-0.25, -0.2) is 0 Å². The number of nitrogens with one attached hydrogen (secondary N) is 1. The van der Waals surface area contributed by atoms with Crippen molar-refractivity contribution in [2.24, 2.45) is 0 Å². The van der Waals surface area contributed by atoms with Crippen LogP contribution >= 0.6 is 11.6 Å². The van der Waals surface area contributed by atoms with Crippen LogP contribution in [0.1, 0.15) is 25.8 Å². The molecule has 1 heterocycles. The summed E-state index contributed by atoms with van der Waals surface area (Å²) in [6, 6.07) is 8.18. The summed E-state index contributed by atoms with van der Waals surface area (Å²) in [4.78, 5) is 2.58. The van der Waals surface area contributed by atoms with Crippen molar-refractivity contribution in [1.82, 2.24) is 10.2 Å². The molecule has 0 bridgehead atoms. The molecule has 1 aliphatic rings. The van der Waals surface area contributed by atoms with Gasteiger partial charge in [-0.1, -0.05) is 29.8 Å². The normalized spacial score (nSPS) is 17.9. The maximum absolute atomic E-state index is 6.22. The third kappa shape index (κ3) is 3.47. The quantitative estimate of drug-likeness (QED) is 0.902. The Morgan fingerprint density at radius 1 is 1.22 bits per heavy atom. The van der Waals surface area contributed by atoms with Crippen LogP contribution in [0.15, 0.2) is 24.3 Å². The van der Waals surface area contributed by atoms with Gasteiger partial charge in [0.05, 0.1) is 0 Å². The van der Waals surface area contributed by atoms with Crippen LogP contribution < -0.4 is 5.32 Å². The number of rotatable bonds is 4. The van der Waals surface area contributed by atoms with Gasteiger partial charge in [-0.05, 0) is 38.3 Å². The summed E-state index contributed by atoms with van der Waals surface area (Å²) in [5.41, 5.74) is 1.52. The van der Waals surface area contributed by atoms with Crippen LogP contribution in [0.5, 0.6) is 0 Å². The lowest BCUT2D eigenvalue weighted by molar-refractivity contribution is 0.0959. The third-order valence-corrected chi connectivity index (χ3v) is 4.31. The van der Waals surface area contributed by atoms with E-state index in [1.165, 1.54) is 5.56 Å². The summed E-state index contributed by atoms with van der Waals surface area (Å²) in [5, 5.41) is 4.30. The molecule has 0 aromatic heterocycles. The van der Waals surface area contributed by atoms with Gasteiger partial charge in [0.1, 0.15) is 0 Å². The molecule has 1 saturated heterocycles. The fourth-order valence-electron chi connectivity index (χ4n) is 2.57. The SMILES string of the molecule is CC(C)(CCc1ccccc1Cl)N1CCNCC1. The summed E-state index contributed by atoms with van der Waals surface area (Å²) >= 11 is 6.22. The first-order valence-corrected chi connectivity index (χ1v) is 7.16. The Balaban J connectivity index is 1.94. The van der Waals surface area contributed by atoms with Crippen LogP contribution in [0.25, 0.3) is 0 Å². The molecule has 1 N–H and O–H groups in total. The maximum Gasteiger partial charge on any atom is 0.0437 e. The number of benzene rings is 1. The first kappa shape index (κ1) is 13.9. The molecule has 1 aliphatic heterocycles. The lowest BCUT2D eigenvalue weighted by Gasteiger charge is -2.41. The minimum absolute atomic E-state index is 0.251. The topological polar surface area (TPSA) is 15.3 Å². The van der Waals surface area contributed by atoms with Crippen LogP contribution in [-0.4, -0.2) is 36.6 Å². The van der Waals surface area contributed by atoms with Gasteiger partial charge in [0, 0.05) is 36.7 Å². The number of nitrogens with zero attached hydrogens (tertiary/aromatic N) is 1. The van der Waals surface area contributed by atoms with E-state index < -0.39 is 0 Å². The molecule has 18 heavy (non-hydrogen) atoms. The van der Waals surface area contributed by atoms with Gasteiger partial charge >= 0.3 is 0 Å². The van der Waals surface area contributed by atoms with Gasteiger partial charge in [-0.15, -0.1) is 0 Å². The monoisotopic (exact) mass is 266 g/mol. The second-order valence-electron chi connectivity index (χ2n) is 5.64. The largest absolute Gasteiger partial charge is 0.314 e. The van der Waals surface area contributed by atoms with Gasteiger partial charge in [0.2, 0.25) is 0 Å². The minimum atomic E-state index is 0.251. The highest BCUT2D eigenvalue weighted by Crippen LogP contribution is 2.24. The Kier molecular flexibility index (Phi) is 4.66. The molecule has 0 unspecified atom stereocenters. The van der Waals surface area contributed by atoms with E-state index in [0.29, 0.717) is 0 Å². The van der Waals surface area contributed by atoms with E-state index in [9.17, 15) is 0 Å². The second-order valence-corrected chi connectivity index (χ2v) is 6.05. The third-order valence-electron chi connectivity index (χ3n) is 3.94. The number of aryl methyl sites for hydroxylation is 1. The standard InChI is InChI=1S/C15H23ClN2/c1-15(2,18-11-9-17-10-12-18)8-7-13-5-3-4-6-14(13)16/h3-6,17H,7-12H2,1-2H3. The van der Waals surface area contributed by atoms with Crippen molar-refractivity contribution in [3.05, 3.63) is 34.9 Å². The fraction of sp³-hybridized carbons (Fsp3) is 0.600. The molecular formula is C15H23ClN2. The van der Waals surface area contributed by atoms with E-state index in [-0.39, 0.29) is 5.54 Å². The van der Waals surface area contributed by atoms with Crippen molar-refractivity contribution in [1.29, 1.82) is 0 Å². The zero-order valence-electron chi connectivity index (χ0n) is 11.4. The molecule has 2 rings (SSSR count). The first-order valence-electron chi connectivity index (χ1n) is 6.79. The van der Waals surface area contributed by atoms with Crippen LogP contribution in [0.2, 0.25) is 5.02 Å². The van der Waals surface area contributed by atoms with Crippen molar-refractivity contribution in [2.75, 3.05) is 26.2 Å². The lowest BCUT2D eigenvalue weighted by atomic mass is 9.92. The Bertz CT molecular complexity index is 384. The van der Waals surface area contributed by atoms with Gasteiger partial charge in [-0.2, -0.15) is 0 Å². The van der Waals surface area contributed by atoms with E-state index in [2.05, 4.69) is 36.2 Å². The number of hydrogen-bond acceptors (Lipinski definition) is 2. The second kappa shape index (κ2) is 6.05. The molecular weight excluding hydrogens is 244 g/mol. The first-order chi connectivity index (χ1) is 8.59. The Morgan fingerprint density at radius 2 is 1.89 bits per heavy atom. The molecule has 2 nitrogen and oxygen atoms in total. The highest BCUT2D eigenvalue weighted by Gasteiger charge is 2.27. The summed E-state index contributed by atoms with van der Waals surface area (Å²) in [7, 11) is 0. The molecule has 1 aromatic rings. The average Bonchev–Trinajstić information content (AvgIpc) is 2.39. The van der Waals surface area contributed by atoms with Crippen LogP contribution in [-0.2, 0) is 6.42 Å². The summed E-state index contributed by atoms with van der Waals surface area (Å²) < 4.78 is 0. The molecule has 0 aliphatic carbocycles. The van der Waals surface area contributed by atoms with E-state index in [1.807, 2.05) is 12.1 Å². The number of piperazine rings is 1. The molecule has 1 aromatic carbocycles. The van der Waals surface area contributed by atoms with Crippen molar-refractivity contribution in [3.63, 3.8) is 0 Å². The molecule has 0 atom stereocenters. The average molecular weight is 267 g/mol. The zero-order chi connectivity index (χ0) is 13.0. The summed E-state index contributed by atoms with van der Waals surface area (Å²) in [6.45, 7) is 9.19. The van der Waals surface area contributed by atoms with Gasteiger partial charge in [0.25, 0.3) is 0 Å². The molecule has 0 saturated carbocycles. The van der Waals surface area contributed by atoms with Crippen LogP contribution in [0, 0.1) is 0 Å². The molecule has 0 spiro atoms. The van der Waals surface area contributed by atoms with E-state index in [1.54, 1.807) is 0 Å². The van der Waals surface area contributed by atoms with Crippen LogP contribution in [0.3, 0.4) is 0 Å². The molecule has 1 fully saturated rings. The predicted octanol–water partition coefficient (Wildman–Crippen LogP) is 2.96. The van der Waals surface area contributed by atoms with Gasteiger partial charge in [0.15, 0.2) is 0 Å². The summed E-state index contributed by atoms with van der Waals surface area (Å²) in [6.07, 6.45) is 2.20. The number of hydrogen-bond donors (Lipinski definition) is 1. The smallest absolute Gasteiger partial charge is 0.0437 e. The van der Waals surface area contributed by atoms with Crippen LogP contribution in [0.4, 0.5) is 0 Å². The fourth-order valence-corrected chi connectivity index (χ4v) is 2.80. The lowest BCUT2D eigenvalue weighted by Crippen LogP contribution is -2.53. The minimum Gasteiger partial charge on any atom is -0.314 e. The van der Waals surface area contributed by atoms with Crippen molar-refractivity contribution in [2.45, 2.75) is 32.2 Å². The van der Waals surface area contributed by atoms with Crippen molar-refractivity contribution >= 4 is 11.6 Å².